The van der Waals surface area contributed by atoms with Gasteiger partial charge in [-0.25, -0.2) is 0 Å². The maximum atomic E-state index is 12.4. The number of carbonyl (C=O) groups is 1. The molecule has 2 atom stereocenters. The number of nitrogens with zero attached hydrogens (tertiary/aromatic N) is 1. The highest BCUT2D eigenvalue weighted by Gasteiger charge is 2.28. The molecule has 4 heteroatoms. The molecule has 2 rings (SSSR count). The Hall–Kier alpha value is -0.870. The fourth-order valence-corrected chi connectivity index (χ4v) is 3.11. The summed E-state index contributed by atoms with van der Waals surface area (Å²) in [5.74, 6) is 0.187. The topological polar surface area (TPSA) is 32.3 Å². The molecule has 1 N–H and O–H groups in total. The molecule has 0 aromatic carbocycles. The molecular weight excluding hydrogens is 232 g/mol. The van der Waals surface area contributed by atoms with Crippen LogP contribution in [0, 0.1) is 13.8 Å². The van der Waals surface area contributed by atoms with Crippen LogP contribution < -0.4 is 5.32 Å². The smallest absolute Gasteiger partial charge is 0.264 e. The largest absolute Gasteiger partial charge is 0.332 e. The molecular formula is C13H20N2OS. The minimum Gasteiger partial charge on any atom is -0.332 e. The molecule has 0 bridgehead atoms. The van der Waals surface area contributed by atoms with Crippen molar-refractivity contribution in [2.24, 2.45) is 0 Å². The van der Waals surface area contributed by atoms with Crippen LogP contribution in [0.1, 0.15) is 34.0 Å². The van der Waals surface area contributed by atoms with Gasteiger partial charge in [-0.3, -0.25) is 4.79 Å². The van der Waals surface area contributed by atoms with Gasteiger partial charge in [-0.2, -0.15) is 0 Å². The first-order valence-electron chi connectivity index (χ1n) is 6.10. The lowest BCUT2D eigenvalue weighted by Crippen LogP contribution is -2.56. The Bertz CT molecular complexity index is 408. The summed E-state index contributed by atoms with van der Waals surface area (Å²) in [4.78, 5) is 16.5. The summed E-state index contributed by atoms with van der Waals surface area (Å²) in [5, 5.41) is 3.39. The Labute approximate surface area is 107 Å². The number of nitrogens with one attached hydrogen (secondary N) is 1. The van der Waals surface area contributed by atoms with E-state index in [1.54, 1.807) is 11.3 Å². The third kappa shape index (κ3) is 2.53. The molecule has 0 aliphatic carbocycles. The molecule has 1 aromatic rings. The second-order valence-corrected chi connectivity index (χ2v) is 6.22. The Morgan fingerprint density at radius 2 is 2.18 bits per heavy atom. The number of hydrogen-bond donors (Lipinski definition) is 1. The van der Waals surface area contributed by atoms with Gasteiger partial charge in [0, 0.05) is 30.1 Å². The van der Waals surface area contributed by atoms with Crippen molar-refractivity contribution >= 4 is 17.2 Å². The summed E-state index contributed by atoms with van der Waals surface area (Å²) in [5.41, 5.74) is 1.22. The van der Waals surface area contributed by atoms with Crippen LogP contribution in [-0.2, 0) is 0 Å². The lowest BCUT2D eigenvalue weighted by atomic mass is 10.1. The van der Waals surface area contributed by atoms with Gasteiger partial charge in [-0.15, -0.1) is 11.3 Å². The Kier molecular flexibility index (Phi) is 3.54. The van der Waals surface area contributed by atoms with Crippen molar-refractivity contribution in [1.82, 2.24) is 10.2 Å². The first kappa shape index (κ1) is 12.6. The van der Waals surface area contributed by atoms with Crippen molar-refractivity contribution < 1.29 is 4.79 Å². The maximum Gasteiger partial charge on any atom is 0.264 e. The number of amides is 1. The Balaban J connectivity index is 2.18. The monoisotopic (exact) mass is 252 g/mol. The molecule has 17 heavy (non-hydrogen) atoms. The van der Waals surface area contributed by atoms with Crippen molar-refractivity contribution in [3.8, 4) is 0 Å². The summed E-state index contributed by atoms with van der Waals surface area (Å²) in [6.45, 7) is 10.0. The van der Waals surface area contributed by atoms with Gasteiger partial charge in [-0.1, -0.05) is 0 Å². The van der Waals surface area contributed by atoms with E-state index in [9.17, 15) is 4.79 Å². The number of aryl methyl sites for hydroxylation is 2. The van der Waals surface area contributed by atoms with Gasteiger partial charge in [0.15, 0.2) is 0 Å². The summed E-state index contributed by atoms with van der Waals surface area (Å²) < 4.78 is 0. The van der Waals surface area contributed by atoms with Crippen LogP contribution in [0.5, 0.6) is 0 Å². The lowest BCUT2D eigenvalue weighted by Gasteiger charge is -2.37. The normalized spacial score (nSPS) is 25.1. The quantitative estimate of drug-likeness (QED) is 0.831. The van der Waals surface area contributed by atoms with Gasteiger partial charge in [0.2, 0.25) is 0 Å². The molecule has 0 saturated carbocycles. The number of piperazine rings is 1. The second kappa shape index (κ2) is 4.78. The van der Waals surface area contributed by atoms with E-state index in [1.165, 1.54) is 10.4 Å². The van der Waals surface area contributed by atoms with E-state index in [4.69, 9.17) is 0 Å². The fourth-order valence-electron chi connectivity index (χ4n) is 2.12. The minimum absolute atomic E-state index is 0.187. The first-order chi connectivity index (χ1) is 7.99. The third-order valence-electron chi connectivity index (χ3n) is 3.40. The van der Waals surface area contributed by atoms with E-state index in [-0.39, 0.29) is 11.9 Å². The maximum absolute atomic E-state index is 12.4. The minimum atomic E-state index is 0.187. The summed E-state index contributed by atoms with van der Waals surface area (Å²) in [6.07, 6.45) is 0. The highest BCUT2D eigenvalue weighted by atomic mass is 32.1. The van der Waals surface area contributed by atoms with E-state index in [0.29, 0.717) is 6.04 Å². The second-order valence-electron chi connectivity index (χ2n) is 4.97. The van der Waals surface area contributed by atoms with Crippen LogP contribution in [0.2, 0.25) is 0 Å². The lowest BCUT2D eigenvalue weighted by molar-refractivity contribution is 0.0621. The standard InChI is InChI=1S/C13H20N2OS/c1-8-5-12(17-11(8)4)13(16)15-7-9(2)14-6-10(15)3/h5,9-10,14H,6-7H2,1-4H3. The first-order valence-corrected chi connectivity index (χ1v) is 6.92. The third-order valence-corrected chi connectivity index (χ3v) is 4.54. The zero-order valence-corrected chi connectivity index (χ0v) is 11.7. The molecule has 1 amide bonds. The van der Waals surface area contributed by atoms with Gasteiger partial charge in [0.1, 0.15) is 0 Å². The number of hydrogen-bond acceptors (Lipinski definition) is 3. The summed E-state index contributed by atoms with van der Waals surface area (Å²) >= 11 is 1.61. The zero-order chi connectivity index (χ0) is 12.6. The predicted octanol–water partition coefficient (Wildman–Crippen LogP) is 2.19. The van der Waals surface area contributed by atoms with Crippen LogP contribution in [-0.4, -0.2) is 36.0 Å². The highest BCUT2D eigenvalue weighted by molar-refractivity contribution is 7.14. The molecule has 1 fully saturated rings. The molecule has 1 aromatic heterocycles. The van der Waals surface area contributed by atoms with Crippen LogP contribution in [0.15, 0.2) is 6.07 Å². The fraction of sp³-hybridized carbons (Fsp3) is 0.615. The van der Waals surface area contributed by atoms with Crippen LogP contribution in [0.4, 0.5) is 0 Å². The summed E-state index contributed by atoms with van der Waals surface area (Å²) in [6, 6.07) is 2.68. The molecule has 0 radical (unpaired) electrons. The zero-order valence-electron chi connectivity index (χ0n) is 10.9. The predicted molar refractivity (Wildman–Crippen MR) is 71.8 cm³/mol. The van der Waals surface area contributed by atoms with Crippen molar-refractivity contribution in [2.75, 3.05) is 13.1 Å². The van der Waals surface area contributed by atoms with Crippen LogP contribution in [0.25, 0.3) is 0 Å². The highest BCUT2D eigenvalue weighted by Crippen LogP contribution is 2.23. The van der Waals surface area contributed by atoms with Crippen molar-refractivity contribution in [2.45, 2.75) is 39.8 Å². The van der Waals surface area contributed by atoms with Gasteiger partial charge in [0.05, 0.1) is 4.88 Å². The van der Waals surface area contributed by atoms with Crippen LogP contribution in [0.3, 0.4) is 0 Å². The average Bonchev–Trinajstić information content (AvgIpc) is 2.62. The molecule has 0 spiro atoms. The Morgan fingerprint density at radius 1 is 1.47 bits per heavy atom. The molecule has 1 saturated heterocycles. The molecule has 1 aliphatic heterocycles. The average molecular weight is 252 g/mol. The molecule has 3 nitrogen and oxygen atoms in total. The summed E-state index contributed by atoms with van der Waals surface area (Å²) in [7, 11) is 0. The van der Waals surface area contributed by atoms with Crippen molar-refractivity contribution in [3.05, 3.63) is 21.4 Å². The van der Waals surface area contributed by atoms with Gasteiger partial charge in [-0.05, 0) is 39.3 Å². The van der Waals surface area contributed by atoms with E-state index in [1.807, 2.05) is 11.0 Å². The van der Waals surface area contributed by atoms with Gasteiger partial charge in [0.25, 0.3) is 5.91 Å². The Morgan fingerprint density at radius 3 is 2.76 bits per heavy atom. The van der Waals surface area contributed by atoms with Crippen LogP contribution >= 0.6 is 11.3 Å². The van der Waals surface area contributed by atoms with Gasteiger partial charge < -0.3 is 10.2 Å². The molecule has 2 unspecified atom stereocenters. The van der Waals surface area contributed by atoms with Gasteiger partial charge >= 0.3 is 0 Å². The molecule has 2 heterocycles. The molecule has 1 aliphatic rings. The van der Waals surface area contributed by atoms with E-state index >= 15 is 0 Å². The van der Waals surface area contributed by atoms with E-state index < -0.39 is 0 Å². The molecule has 94 valence electrons. The van der Waals surface area contributed by atoms with E-state index in [0.717, 1.165) is 18.0 Å². The van der Waals surface area contributed by atoms with E-state index in [2.05, 4.69) is 33.0 Å². The number of thiophene rings is 1. The van der Waals surface area contributed by atoms with Crippen molar-refractivity contribution in [1.29, 1.82) is 0 Å². The van der Waals surface area contributed by atoms with Crippen molar-refractivity contribution in [3.63, 3.8) is 0 Å². The number of carbonyl (C=O) groups excluding carboxylic acids is 1. The SMILES string of the molecule is Cc1cc(C(=O)N2CC(C)NCC2C)sc1C. The number of rotatable bonds is 1.